The van der Waals surface area contributed by atoms with Crippen LogP contribution in [0.25, 0.3) is 0 Å². The first-order valence-electron chi connectivity index (χ1n) is 9.89. The van der Waals surface area contributed by atoms with Gasteiger partial charge in [0.05, 0.1) is 31.0 Å². The maximum Gasteiger partial charge on any atom is 0.433 e. The second-order valence-corrected chi connectivity index (χ2v) is 8.84. The van der Waals surface area contributed by atoms with Gasteiger partial charge in [0.25, 0.3) is 5.91 Å². The Bertz CT molecular complexity index is 1050. The molecule has 33 heavy (non-hydrogen) atoms. The van der Waals surface area contributed by atoms with Gasteiger partial charge in [-0.2, -0.15) is 13.2 Å². The summed E-state index contributed by atoms with van der Waals surface area (Å²) in [5, 5.41) is 13.0. The predicted octanol–water partition coefficient (Wildman–Crippen LogP) is 2.40. The molecule has 1 aliphatic rings. The van der Waals surface area contributed by atoms with Crippen LogP contribution in [0.1, 0.15) is 49.4 Å². The number of cyclic esters (lactones) is 1. The summed E-state index contributed by atoms with van der Waals surface area (Å²) in [6.45, 7) is 6.91. The van der Waals surface area contributed by atoms with E-state index < -0.39 is 41.6 Å². The molecule has 2 aromatic heterocycles. The first kappa shape index (κ1) is 24.4. The van der Waals surface area contributed by atoms with E-state index in [2.05, 4.69) is 25.8 Å². The molecule has 14 heteroatoms. The van der Waals surface area contributed by atoms with Gasteiger partial charge in [0.1, 0.15) is 5.69 Å². The Hall–Kier alpha value is -3.29. The summed E-state index contributed by atoms with van der Waals surface area (Å²) in [4.78, 5) is 30.0. The second kappa shape index (κ2) is 8.57. The van der Waals surface area contributed by atoms with Gasteiger partial charge in [-0.1, -0.05) is 5.10 Å². The maximum atomic E-state index is 13.2. The van der Waals surface area contributed by atoms with Crippen LogP contribution in [0.4, 0.5) is 23.9 Å². The SMILES string of the molecule is Cn1nnnc1NC(=O)c1ccc(C(F)(F)F)nc1COCC1(C)CN(C(C)(C)C)C(=O)O1. The van der Waals surface area contributed by atoms with E-state index in [1.807, 2.05) is 20.8 Å². The first-order valence-corrected chi connectivity index (χ1v) is 9.89. The minimum Gasteiger partial charge on any atom is -0.439 e. The molecule has 1 saturated heterocycles. The van der Waals surface area contributed by atoms with Gasteiger partial charge in [-0.25, -0.2) is 14.5 Å². The van der Waals surface area contributed by atoms with Gasteiger partial charge in [-0.15, -0.1) is 0 Å². The van der Waals surface area contributed by atoms with Crippen LogP contribution in [0.3, 0.4) is 0 Å². The van der Waals surface area contributed by atoms with Gasteiger partial charge in [0.2, 0.25) is 5.95 Å². The van der Waals surface area contributed by atoms with Gasteiger partial charge in [-0.3, -0.25) is 15.0 Å². The van der Waals surface area contributed by atoms with Crippen molar-refractivity contribution in [3.63, 3.8) is 0 Å². The van der Waals surface area contributed by atoms with E-state index >= 15 is 0 Å². The van der Waals surface area contributed by atoms with Crippen molar-refractivity contribution in [2.75, 3.05) is 18.5 Å². The third-order valence-electron chi connectivity index (χ3n) is 4.86. The van der Waals surface area contributed by atoms with Crippen molar-refractivity contribution < 1.29 is 32.2 Å². The van der Waals surface area contributed by atoms with E-state index in [4.69, 9.17) is 9.47 Å². The number of hydrogen-bond donors (Lipinski definition) is 1. The number of halogens is 3. The number of carbonyl (C=O) groups is 2. The Balaban J connectivity index is 1.77. The molecule has 0 aliphatic carbocycles. The summed E-state index contributed by atoms with van der Waals surface area (Å²) in [6, 6.07) is 1.71. The quantitative estimate of drug-likeness (QED) is 0.681. The first-order chi connectivity index (χ1) is 15.2. The van der Waals surface area contributed by atoms with E-state index in [1.165, 1.54) is 16.6 Å². The summed E-state index contributed by atoms with van der Waals surface area (Å²) in [5.41, 5.74) is -3.04. The largest absolute Gasteiger partial charge is 0.439 e. The fraction of sp³-hybridized carbons (Fsp3) is 0.579. The van der Waals surface area contributed by atoms with E-state index in [0.717, 1.165) is 6.07 Å². The Morgan fingerprint density at radius 1 is 1.30 bits per heavy atom. The molecule has 0 radical (unpaired) electrons. The van der Waals surface area contributed by atoms with Crippen LogP contribution in [0.2, 0.25) is 0 Å². The van der Waals surface area contributed by atoms with Crippen molar-refractivity contribution in [3.05, 3.63) is 29.1 Å². The molecular formula is C19H24F3N7O4. The number of pyridine rings is 1. The van der Waals surface area contributed by atoms with Gasteiger partial charge < -0.3 is 9.47 Å². The average molecular weight is 471 g/mol. The third-order valence-corrected chi connectivity index (χ3v) is 4.86. The lowest BCUT2D eigenvalue weighted by Crippen LogP contribution is -2.44. The average Bonchev–Trinajstić information content (AvgIpc) is 3.23. The minimum absolute atomic E-state index is 0.000540. The molecule has 1 fully saturated rings. The number of rotatable bonds is 6. The van der Waals surface area contributed by atoms with Crippen LogP contribution >= 0.6 is 0 Å². The molecule has 1 unspecified atom stereocenters. The van der Waals surface area contributed by atoms with Gasteiger partial charge in [-0.05, 0) is 50.3 Å². The molecule has 11 nitrogen and oxygen atoms in total. The zero-order valence-electron chi connectivity index (χ0n) is 18.7. The van der Waals surface area contributed by atoms with Gasteiger partial charge in [0.15, 0.2) is 5.60 Å². The number of aryl methyl sites for hydroxylation is 1. The molecule has 1 aliphatic heterocycles. The van der Waals surface area contributed by atoms with Gasteiger partial charge >= 0.3 is 12.3 Å². The lowest BCUT2D eigenvalue weighted by Gasteiger charge is -2.30. The summed E-state index contributed by atoms with van der Waals surface area (Å²) >= 11 is 0. The van der Waals surface area contributed by atoms with Crippen molar-refractivity contribution in [3.8, 4) is 0 Å². The number of nitrogens with zero attached hydrogens (tertiary/aromatic N) is 6. The number of ether oxygens (including phenoxy) is 2. The monoisotopic (exact) mass is 471 g/mol. The molecule has 0 spiro atoms. The number of aromatic nitrogens is 5. The number of carbonyl (C=O) groups excluding carboxylic acids is 2. The molecule has 0 bridgehead atoms. The molecular weight excluding hydrogens is 447 g/mol. The lowest BCUT2D eigenvalue weighted by molar-refractivity contribution is -0.141. The molecule has 3 heterocycles. The minimum atomic E-state index is -4.71. The van der Waals surface area contributed by atoms with Crippen molar-refractivity contribution in [1.82, 2.24) is 30.1 Å². The smallest absolute Gasteiger partial charge is 0.433 e. The Kier molecular flexibility index (Phi) is 6.33. The highest BCUT2D eigenvalue weighted by Gasteiger charge is 2.46. The Morgan fingerprint density at radius 2 is 2.00 bits per heavy atom. The van der Waals surface area contributed by atoms with Crippen molar-refractivity contribution >= 4 is 17.9 Å². The number of hydrogen-bond acceptors (Lipinski definition) is 8. The van der Waals surface area contributed by atoms with Crippen LogP contribution in [-0.4, -0.2) is 66.4 Å². The fourth-order valence-electron chi connectivity index (χ4n) is 3.13. The number of alkyl halides is 3. The van der Waals surface area contributed by atoms with Crippen LogP contribution in [0.15, 0.2) is 12.1 Å². The lowest BCUT2D eigenvalue weighted by atomic mass is 10.0. The van der Waals surface area contributed by atoms with Crippen LogP contribution in [0.5, 0.6) is 0 Å². The zero-order valence-corrected chi connectivity index (χ0v) is 18.7. The highest BCUT2D eigenvalue weighted by molar-refractivity contribution is 6.04. The summed E-state index contributed by atoms with van der Waals surface area (Å²) < 4.78 is 51.7. The number of nitrogens with one attached hydrogen (secondary N) is 1. The maximum absolute atomic E-state index is 13.2. The highest BCUT2D eigenvalue weighted by atomic mass is 19.4. The van der Waals surface area contributed by atoms with Crippen molar-refractivity contribution in [2.45, 2.75) is 51.6 Å². The summed E-state index contributed by atoms with van der Waals surface area (Å²) in [5.74, 6) is -0.760. The molecule has 0 aromatic carbocycles. The van der Waals surface area contributed by atoms with Gasteiger partial charge in [0, 0.05) is 12.6 Å². The topological polar surface area (TPSA) is 124 Å². The van der Waals surface area contributed by atoms with Crippen LogP contribution in [0, 0.1) is 0 Å². The Morgan fingerprint density at radius 3 is 2.55 bits per heavy atom. The molecule has 1 atom stereocenters. The predicted molar refractivity (Wildman–Crippen MR) is 107 cm³/mol. The van der Waals surface area contributed by atoms with E-state index in [1.54, 1.807) is 6.92 Å². The molecule has 3 rings (SSSR count). The highest BCUT2D eigenvalue weighted by Crippen LogP contribution is 2.30. The van der Waals surface area contributed by atoms with Crippen LogP contribution in [-0.2, 0) is 29.3 Å². The number of tetrazole rings is 1. The van der Waals surface area contributed by atoms with E-state index in [-0.39, 0.29) is 30.4 Å². The number of anilines is 1. The standard InChI is InChI=1S/C19H24F3N7O4/c1-17(2,3)29-9-18(4,33-16(29)31)10-32-8-12-11(6-7-13(23-12)19(20,21)22)14(30)24-15-25-26-27-28(15)5/h6-7H,8-10H2,1-5H3,(H,24,25,27,30). The van der Waals surface area contributed by atoms with E-state index in [0.29, 0.717) is 6.07 Å². The molecule has 2 amide bonds. The van der Waals surface area contributed by atoms with Crippen molar-refractivity contribution in [1.29, 1.82) is 0 Å². The molecule has 1 N–H and O–H groups in total. The zero-order chi connectivity index (χ0) is 24.6. The summed E-state index contributed by atoms with van der Waals surface area (Å²) in [6.07, 6.45) is -5.22. The van der Waals surface area contributed by atoms with Crippen LogP contribution < -0.4 is 5.32 Å². The molecule has 180 valence electrons. The number of amides is 2. The molecule has 0 saturated carbocycles. The van der Waals surface area contributed by atoms with E-state index in [9.17, 15) is 22.8 Å². The second-order valence-electron chi connectivity index (χ2n) is 8.84. The summed E-state index contributed by atoms with van der Waals surface area (Å²) in [7, 11) is 1.48. The molecule has 2 aromatic rings. The normalized spacial score (nSPS) is 19.0. The third kappa shape index (κ3) is 5.56. The fourth-order valence-corrected chi connectivity index (χ4v) is 3.13. The van der Waals surface area contributed by atoms with Crippen molar-refractivity contribution in [2.24, 2.45) is 7.05 Å². The Labute approximate surface area is 187 Å².